The molecule has 1 N–H and O–H groups in total. The minimum absolute atomic E-state index is 0.149. The molecule has 0 saturated carbocycles. The molecule has 4 rings (SSSR count). The monoisotopic (exact) mass is 580 g/mol. The number of carbonyl (C=O) groups is 2. The predicted octanol–water partition coefficient (Wildman–Crippen LogP) is 4.87. The summed E-state index contributed by atoms with van der Waals surface area (Å²) in [6.07, 6.45) is 0.476. The smallest absolute Gasteiger partial charge is 0.229 e. The van der Waals surface area contributed by atoms with Crippen molar-refractivity contribution in [3.05, 3.63) is 54.1 Å². The molecule has 0 unspecified atom stereocenters. The molecule has 1 aliphatic heterocycles. The first-order chi connectivity index (χ1) is 20.3. The Kier molecular flexibility index (Phi) is 9.51. The van der Waals surface area contributed by atoms with E-state index >= 15 is 0 Å². The van der Waals surface area contributed by atoms with E-state index < -0.39 is 12.0 Å². The molecule has 1 aliphatic rings. The van der Waals surface area contributed by atoms with Crippen LogP contribution >= 0.6 is 0 Å². The largest absolute Gasteiger partial charge is 0.497 e. The van der Waals surface area contributed by atoms with E-state index in [0.717, 1.165) is 5.56 Å². The van der Waals surface area contributed by atoms with E-state index in [-0.39, 0.29) is 18.2 Å². The molecule has 1 heterocycles. The molecule has 11 heteroatoms. The van der Waals surface area contributed by atoms with Crippen LogP contribution in [0, 0.1) is 5.92 Å². The van der Waals surface area contributed by atoms with E-state index in [1.807, 2.05) is 12.1 Å². The Morgan fingerprint density at radius 3 is 1.67 bits per heavy atom. The maximum atomic E-state index is 14.0. The van der Waals surface area contributed by atoms with Crippen LogP contribution in [0.15, 0.2) is 48.5 Å². The molecule has 0 aromatic heterocycles. The van der Waals surface area contributed by atoms with Crippen molar-refractivity contribution in [1.82, 2.24) is 0 Å². The predicted molar refractivity (Wildman–Crippen MR) is 157 cm³/mol. The number of carbonyl (C=O) groups excluding carboxylic acids is 2. The van der Waals surface area contributed by atoms with Gasteiger partial charge in [0, 0.05) is 36.4 Å². The number of nitrogens with zero attached hydrogens (tertiary/aromatic N) is 1. The van der Waals surface area contributed by atoms with Gasteiger partial charge in [-0.3, -0.25) is 9.59 Å². The van der Waals surface area contributed by atoms with Crippen molar-refractivity contribution >= 4 is 23.2 Å². The summed E-state index contributed by atoms with van der Waals surface area (Å²) in [6, 6.07) is 13.4. The van der Waals surface area contributed by atoms with Gasteiger partial charge >= 0.3 is 0 Å². The Labute approximate surface area is 245 Å². The second-order valence-corrected chi connectivity index (χ2v) is 9.41. The molecule has 1 fully saturated rings. The van der Waals surface area contributed by atoms with Crippen molar-refractivity contribution in [2.45, 2.75) is 18.9 Å². The minimum atomic E-state index is -0.665. The van der Waals surface area contributed by atoms with Crippen LogP contribution < -0.4 is 43.4 Å². The Morgan fingerprint density at radius 2 is 1.21 bits per heavy atom. The zero-order valence-electron chi connectivity index (χ0n) is 24.8. The first-order valence-corrected chi connectivity index (χ1v) is 13.2. The number of nitrogens with one attached hydrogen (secondary N) is 1. The summed E-state index contributed by atoms with van der Waals surface area (Å²) in [5.74, 6) is 1.96. The summed E-state index contributed by atoms with van der Waals surface area (Å²) in [5.41, 5.74) is 1.71. The topological polar surface area (TPSA) is 114 Å². The van der Waals surface area contributed by atoms with Gasteiger partial charge in [-0.15, -0.1) is 0 Å². The first kappa shape index (κ1) is 30.2. The van der Waals surface area contributed by atoms with Crippen LogP contribution in [0.4, 0.5) is 11.4 Å². The van der Waals surface area contributed by atoms with Crippen LogP contribution in [0.1, 0.15) is 24.4 Å². The van der Waals surface area contributed by atoms with Crippen molar-refractivity contribution in [1.29, 1.82) is 0 Å². The Morgan fingerprint density at radius 1 is 0.714 bits per heavy atom. The molecule has 0 spiro atoms. The summed E-state index contributed by atoms with van der Waals surface area (Å²) in [7, 11) is 10.6. The highest BCUT2D eigenvalue weighted by Crippen LogP contribution is 2.47. The maximum Gasteiger partial charge on any atom is 0.229 e. The second-order valence-electron chi connectivity index (χ2n) is 9.41. The van der Waals surface area contributed by atoms with Crippen LogP contribution in [-0.2, 0) is 9.59 Å². The molecular formula is C31H36N2O9. The SMILES string of the molecule is COc1ccc([C@@H]2[C@@H](C(=O)Nc3cc(OC)c(OC)c(OC)c3)CCC(=O)N2c2cc(OC)c(OC)c(OC)c2)cc1. The number of hydrogen-bond acceptors (Lipinski definition) is 9. The number of rotatable bonds is 11. The lowest BCUT2D eigenvalue weighted by Gasteiger charge is -2.41. The van der Waals surface area contributed by atoms with Crippen molar-refractivity contribution < 1.29 is 42.7 Å². The van der Waals surface area contributed by atoms with Crippen LogP contribution in [0.3, 0.4) is 0 Å². The lowest BCUT2D eigenvalue weighted by atomic mass is 9.83. The molecule has 3 aromatic rings. The molecule has 224 valence electrons. The quantitative estimate of drug-likeness (QED) is 0.339. The number of methoxy groups -OCH3 is 7. The third-order valence-electron chi connectivity index (χ3n) is 7.25. The van der Waals surface area contributed by atoms with Gasteiger partial charge in [-0.2, -0.15) is 0 Å². The number of hydrogen-bond donors (Lipinski definition) is 1. The van der Waals surface area contributed by atoms with Gasteiger partial charge in [-0.1, -0.05) is 12.1 Å². The number of amides is 2. The molecule has 2 atom stereocenters. The summed E-state index contributed by atoms with van der Waals surface area (Å²) < 4.78 is 38.3. The van der Waals surface area contributed by atoms with E-state index in [4.69, 9.17) is 33.2 Å². The third kappa shape index (κ3) is 5.81. The van der Waals surface area contributed by atoms with Crippen molar-refractivity contribution in [2.75, 3.05) is 60.0 Å². The van der Waals surface area contributed by atoms with E-state index in [2.05, 4.69) is 5.32 Å². The summed E-state index contributed by atoms with van der Waals surface area (Å²) in [4.78, 5) is 29.3. The van der Waals surface area contributed by atoms with Gasteiger partial charge in [0.1, 0.15) is 5.75 Å². The third-order valence-corrected chi connectivity index (χ3v) is 7.25. The molecular weight excluding hydrogens is 544 g/mol. The number of ether oxygens (including phenoxy) is 7. The average molecular weight is 581 g/mol. The molecule has 0 bridgehead atoms. The standard InChI is InChI=1S/C31H36N2O9/c1-36-21-10-8-18(9-11-21)28-22(31(35)32-19-14-23(37-2)29(41-6)24(15-19)38-3)12-13-27(34)33(28)20-16-25(39-4)30(42-7)26(17-20)40-5/h8-11,14-17,22,28H,12-13H2,1-7H3,(H,32,35)/t22-,28+/m0/s1. The van der Waals surface area contributed by atoms with Gasteiger partial charge in [0.05, 0.1) is 67.4 Å². The van der Waals surface area contributed by atoms with E-state index in [9.17, 15) is 9.59 Å². The highest BCUT2D eigenvalue weighted by molar-refractivity contribution is 6.01. The number of benzene rings is 3. The van der Waals surface area contributed by atoms with E-state index in [1.165, 1.54) is 42.7 Å². The second kappa shape index (κ2) is 13.2. The van der Waals surface area contributed by atoms with Crippen LogP contribution in [0.25, 0.3) is 0 Å². The Bertz CT molecular complexity index is 1370. The van der Waals surface area contributed by atoms with Crippen LogP contribution in [-0.4, -0.2) is 61.6 Å². The van der Waals surface area contributed by atoms with E-state index in [0.29, 0.717) is 58.0 Å². The van der Waals surface area contributed by atoms with Crippen LogP contribution in [0.5, 0.6) is 40.2 Å². The summed E-state index contributed by atoms with van der Waals surface area (Å²) >= 11 is 0. The number of piperidine rings is 1. The maximum absolute atomic E-state index is 14.0. The lowest BCUT2D eigenvalue weighted by molar-refractivity contribution is -0.125. The Hall–Kier alpha value is -4.80. The fourth-order valence-electron chi connectivity index (χ4n) is 5.25. The van der Waals surface area contributed by atoms with Gasteiger partial charge in [-0.25, -0.2) is 0 Å². The molecule has 0 radical (unpaired) electrons. The molecule has 3 aromatic carbocycles. The molecule has 0 aliphatic carbocycles. The zero-order chi connectivity index (χ0) is 30.4. The fourth-order valence-corrected chi connectivity index (χ4v) is 5.25. The molecule has 42 heavy (non-hydrogen) atoms. The van der Waals surface area contributed by atoms with Gasteiger partial charge in [0.15, 0.2) is 23.0 Å². The molecule has 11 nitrogen and oxygen atoms in total. The van der Waals surface area contributed by atoms with E-state index in [1.54, 1.807) is 48.4 Å². The average Bonchev–Trinajstić information content (AvgIpc) is 3.03. The van der Waals surface area contributed by atoms with Crippen molar-refractivity contribution in [2.24, 2.45) is 5.92 Å². The fraction of sp³-hybridized carbons (Fsp3) is 0.355. The van der Waals surface area contributed by atoms with Gasteiger partial charge in [-0.05, 0) is 24.1 Å². The number of anilines is 2. The highest BCUT2D eigenvalue weighted by Gasteiger charge is 2.42. The minimum Gasteiger partial charge on any atom is -0.497 e. The summed E-state index contributed by atoms with van der Waals surface area (Å²) in [6.45, 7) is 0. The van der Waals surface area contributed by atoms with Gasteiger partial charge in [0.25, 0.3) is 0 Å². The summed E-state index contributed by atoms with van der Waals surface area (Å²) in [5, 5.41) is 3.00. The van der Waals surface area contributed by atoms with Crippen LogP contribution in [0.2, 0.25) is 0 Å². The van der Waals surface area contributed by atoms with Gasteiger partial charge < -0.3 is 43.4 Å². The first-order valence-electron chi connectivity index (χ1n) is 13.2. The lowest BCUT2D eigenvalue weighted by Crippen LogP contribution is -2.47. The van der Waals surface area contributed by atoms with Gasteiger partial charge in [0.2, 0.25) is 23.3 Å². The van der Waals surface area contributed by atoms with Crippen molar-refractivity contribution in [3.63, 3.8) is 0 Å². The normalized spacial score (nSPS) is 16.4. The molecule has 1 saturated heterocycles. The molecule has 2 amide bonds. The van der Waals surface area contributed by atoms with Crippen molar-refractivity contribution in [3.8, 4) is 40.2 Å². The Balaban J connectivity index is 1.81. The highest BCUT2D eigenvalue weighted by atomic mass is 16.5. The zero-order valence-corrected chi connectivity index (χ0v) is 24.8.